The van der Waals surface area contributed by atoms with Gasteiger partial charge in [0.1, 0.15) is 0 Å². The molecule has 0 aromatic heterocycles. The molecule has 3 nitrogen and oxygen atoms in total. The van der Waals surface area contributed by atoms with Crippen molar-refractivity contribution in [2.45, 2.75) is 12.3 Å². The van der Waals surface area contributed by atoms with Gasteiger partial charge in [0.05, 0.1) is 12.3 Å². The summed E-state index contributed by atoms with van der Waals surface area (Å²) in [6, 6.07) is 15.4. The Morgan fingerprint density at radius 1 is 1.00 bits per heavy atom. The predicted octanol–water partition coefficient (Wildman–Crippen LogP) is 3.78. The van der Waals surface area contributed by atoms with Crippen molar-refractivity contribution in [2.24, 2.45) is 0 Å². The van der Waals surface area contributed by atoms with Gasteiger partial charge in [0.25, 0.3) is 0 Å². The van der Waals surface area contributed by atoms with E-state index in [-0.39, 0.29) is 12.2 Å². The number of Topliss-reactive ketones (excluding diaryl/α,β-unsaturated/α-hetero) is 1. The largest absolute Gasteiger partial charge is 0.481 e. The number of carbonyl (C=O) groups is 2. The van der Waals surface area contributed by atoms with Crippen LogP contribution in [0, 0.1) is 0 Å². The van der Waals surface area contributed by atoms with E-state index in [2.05, 4.69) is 0 Å². The second-order valence-corrected chi connectivity index (χ2v) is 4.87. The third kappa shape index (κ3) is 3.45. The number of carboxylic acids is 1. The normalized spacial score (nSPS) is 11.8. The number of carboxylic acid groups (broad SMARTS) is 1. The highest BCUT2D eigenvalue weighted by Crippen LogP contribution is 2.25. The van der Waals surface area contributed by atoms with E-state index < -0.39 is 11.9 Å². The number of ketones is 1. The minimum atomic E-state index is -0.999. The molecule has 0 saturated heterocycles. The van der Waals surface area contributed by atoms with Crippen LogP contribution in [-0.4, -0.2) is 16.9 Å². The van der Waals surface area contributed by atoms with E-state index in [4.69, 9.17) is 16.7 Å². The van der Waals surface area contributed by atoms with Crippen molar-refractivity contribution in [1.29, 1.82) is 0 Å². The first-order valence-electron chi connectivity index (χ1n) is 6.14. The van der Waals surface area contributed by atoms with Crippen LogP contribution in [0.25, 0.3) is 0 Å². The third-order valence-corrected chi connectivity index (χ3v) is 3.28. The lowest BCUT2D eigenvalue weighted by molar-refractivity contribution is -0.137. The number of carbonyl (C=O) groups excluding carboxylic acids is 1. The van der Waals surface area contributed by atoms with E-state index in [9.17, 15) is 9.59 Å². The third-order valence-electron chi connectivity index (χ3n) is 3.03. The summed E-state index contributed by atoms with van der Waals surface area (Å²) in [6.45, 7) is 0. The van der Waals surface area contributed by atoms with Gasteiger partial charge in [-0.1, -0.05) is 41.9 Å². The van der Waals surface area contributed by atoms with Gasteiger partial charge in [-0.25, -0.2) is 0 Å². The van der Waals surface area contributed by atoms with Crippen LogP contribution >= 0.6 is 11.6 Å². The Balaban J connectivity index is 2.34. The average molecular weight is 289 g/mol. The minimum absolute atomic E-state index is 0.213. The zero-order chi connectivity index (χ0) is 14.5. The number of hydrogen-bond acceptors (Lipinski definition) is 2. The van der Waals surface area contributed by atoms with Crippen LogP contribution in [0.4, 0.5) is 0 Å². The highest BCUT2D eigenvalue weighted by atomic mass is 35.5. The fraction of sp³-hybridized carbons (Fsp3) is 0.125. The Bertz CT molecular complexity index is 605. The van der Waals surface area contributed by atoms with Gasteiger partial charge in [0, 0.05) is 10.6 Å². The topological polar surface area (TPSA) is 54.4 Å². The lowest BCUT2D eigenvalue weighted by atomic mass is 9.88. The second-order valence-electron chi connectivity index (χ2n) is 4.43. The van der Waals surface area contributed by atoms with E-state index >= 15 is 0 Å². The average Bonchev–Trinajstić information content (AvgIpc) is 2.45. The zero-order valence-electron chi connectivity index (χ0n) is 10.6. The molecule has 2 aromatic carbocycles. The van der Waals surface area contributed by atoms with Gasteiger partial charge >= 0.3 is 5.97 Å². The summed E-state index contributed by atoms with van der Waals surface area (Å²) in [5.74, 6) is -1.90. The van der Waals surface area contributed by atoms with Crippen LogP contribution in [0.3, 0.4) is 0 Å². The molecular formula is C16H13ClO3. The smallest absolute Gasteiger partial charge is 0.304 e. The predicted molar refractivity (Wildman–Crippen MR) is 77.2 cm³/mol. The summed E-state index contributed by atoms with van der Waals surface area (Å²) < 4.78 is 0. The van der Waals surface area contributed by atoms with Crippen LogP contribution in [0.5, 0.6) is 0 Å². The first kappa shape index (κ1) is 14.3. The monoisotopic (exact) mass is 288 g/mol. The van der Waals surface area contributed by atoms with Crippen LogP contribution < -0.4 is 0 Å². The highest BCUT2D eigenvalue weighted by Gasteiger charge is 2.24. The molecule has 0 amide bonds. The van der Waals surface area contributed by atoms with Crippen molar-refractivity contribution in [3.8, 4) is 0 Å². The molecule has 1 N–H and O–H groups in total. The molecule has 1 atom stereocenters. The fourth-order valence-corrected chi connectivity index (χ4v) is 2.16. The van der Waals surface area contributed by atoms with Gasteiger partial charge in [0.15, 0.2) is 5.78 Å². The summed E-state index contributed by atoms with van der Waals surface area (Å²) in [5, 5.41) is 9.55. The van der Waals surface area contributed by atoms with E-state index in [1.807, 2.05) is 6.07 Å². The second kappa shape index (κ2) is 6.35. The van der Waals surface area contributed by atoms with Gasteiger partial charge in [-0.05, 0) is 29.8 Å². The molecule has 0 radical (unpaired) electrons. The molecule has 0 saturated carbocycles. The summed E-state index contributed by atoms with van der Waals surface area (Å²) in [5.41, 5.74) is 1.17. The van der Waals surface area contributed by atoms with Crippen molar-refractivity contribution >= 4 is 23.4 Å². The molecule has 0 aliphatic rings. The Hall–Kier alpha value is -2.13. The maximum Gasteiger partial charge on any atom is 0.304 e. The van der Waals surface area contributed by atoms with Crippen LogP contribution in [0.1, 0.15) is 28.3 Å². The number of aliphatic carboxylic acids is 1. The molecule has 102 valence electrons. The Morgan fingerprint density at radius 2 is 1.60 bits per heavy atom. The number of benzene rings is 2. The molecular weight excluding hydrogens is 276 g/mol. The Kier molecular flexibility index (Phi) is 4.53. The fourth-order valence-electron chi connectivity index (χ4n) is 2.04. The van der Waals surface area contributed by atoms with Crippen molar-refractivity contribution in [3.05, 3.63) is 70.7 Å². The molecule has 0 spiro atoms. The number of hydrogen-bond donors (Lipinski definition) is 1. The first-order chi connectivity index (χ1) is 9.58. The van der Waals surface area contributed by atoms with Gasteiger partial charge in [-0.15, -0.1) is 0 Å². The number of halogens is 1. The molecule has 4 heteroatoms. The maximum atomic E-state index is 12.5. The molecule has 2 aromatic rings. The van der Waals surface area contributed by atoms with Crippen molar-refractivity contribution in [2.75, 3.05) is 0 Å². The standard InChI is InChI=1S/C16H13ClO3/c17-13-8-6-12(7-9-13)16(20)14(10-15(18)19)11-4-2-1-3-5-11/h1-9,14H,10H2,(H,18,19)/t14-/m0/s1. The molecule has 0 bridgehead atoms. The van der Waals surface area contributed by atoms with Gasteiger partial charge < -0.3 is 5.11 Å². The molecule has 0 fully saturated rings. The van der Waals surface area contributed by atoms with Crippen molar-refractivity contribution in [3.63, 3.8) is 0 Å². The Labute approximate surface area is 121 Å². The lowest BCUT2D eigenvalue weighted by Crippen LogP contribution is -2.16. The molecule has 0 heterocycles. The number of rotatable bonds is 5. The van der Waals surface area contributed by atoms with E-state index in [1.165, 1.54) is 0 Å². The Morgan fingerprint density at radius 3 is 2.15 bits per heavy atom. The van der Waals surface area contributed by atoms with Crippen molar-refractivity contribution < 1.29 is 14.7 Å². The van der Waals surface area contributed by atoms with Crippen LogP contribution in [0.15, 0.2) is 54.6 Å². The van der Waals surface area contributed by atoms with Crippen LogP contribution in [0.2, 0.25) is 5.02 Å². The van der Waals surface area contributed by atoms with E-state index in [1.54, 1.807) is 48.5 Å². The molecule has 2 rings (SSSR count). The molecule has 0 unspecified atom stereocenters. The minimum Gasteiger partial charge on any atom is -0.481 e. The lowest BCUT2D eigenvalue weighted by Gasteiger charge is -2.14. The molecule has 0 aliphatic heterocycles. The van der Waals surface area contributed by atoms with Crippen molar-refractivity contribution in [1.82, 2.24) is 0 Å². The zero-order valence-corrected chi connectivity index (χ0v) is 11.4. The van der Waals surface area contributed by atoms with E-state index in [0.29, 0.717) is 16.1 Å². The maximum absolute atomic E-state index is 12.5. The first-order valence-corrected chi connectivity index (χ1v) is 6.52. The summed E-state index contributed by atoms with van der Waals surface area (Å²) in [4.78, 5) is 23.5. The summed E-state index contributed by atoms with van der Waals surface area (Å²) >= 11 is 5.79. The highest BCUT2D eigenvalue weighted by molar-refractivity contribution is 6.30. The summed E-state index contributed by atoms with van der Waals surface area (Å²) in [7, 11) is 0. The van der Waals surface area contributed by atoms with Gasteiger partial charge in [-0.3, -0.25) is 9.59 Å². The SMILES string of the molecule is O=C(O)C[C@H](C(=O)c1ccc(Cl)cc1)c1ccccc1. The quantitative estimate of drug-likeness (QED) is 0.852. The summed E-state index contributed by atoms with van der Waals surface area (Å²) in [6.07, 6.45) is -0.231. The molecule has 20 heavy (non-hydrogen) atoms. The van der Waals surface area contributed by atoms with Crippen LogP contribution in [-0.2, 0) is 4.79 Å². The van der Waals surface area contributed by atoms with Gasteiger partial charge in [0.2, 0.25) is 0 Å². The van der Waals surface area contributed by atoms with Gasteiger partial charge in [-0.2, -0.15) is 0 Å². The molecule has 0 aliphatic carbocycles. The van der Waals surface area contributed by atoms with E-state index in [0.717, 1.165) is 0 Å².